The van der Waals surface area contributed by atoms with Crippen LogP contribution < -0.4 is 4.90 Å². The monoisotopic (exact) mass is 419 g/mol. The fourth-order valence-corrected chi connectivity index (χ4v) is 4.68. The number of fused-ring (bicyclic) bond motifs is 1. The summed E-state index contributed by atoms with van der Waals surface area (Å²) in [7, 11) is 1.87. The van der Waals surface area contributed by atoms with Crippen molar-refractivity contribution in [2.45, 2.75) is 31.9 Å². The minimum absolute atomic E-state index is 0.0639. The van der Waals surface area contributed by atoms with Crippen LogP contribution in [0.2, 0.25) is 0 Å². The maximum atomic E-state index is 12.8. The van der Waals surface area contributed by atoms with Gasteiger partial charge < -0.3 is 14.5 Å². The van der Waals surface area contributed by atoms with Gasteiger partial charge in [0, 0.05) is 45.5 Å². The third kappa shape index (κ3) is 5.10. The number of carbonyl (C=O) groups excluding carboxylic acids is 1. The predicted octanol–water partition coefficient (Wildman–Crippen LogP) is 4.64. The Morgan fingerprint density at radius 3 is 2.68 bits per heavy atom. The Morgan fingerprint density at radius 1 is 1.16 bits per heavy atom. The molecule has 2 aliphatic rings. The first-order valence-corrected chi connectivity index (χ1v) is 11.3. The average molecular weight is 420 g/mol. The smallest absolute Gasteiger partial charge is 0.410 e. The van der Waals surface area contributed by atoms with Gasteiger partial charge in [-0.15, -0.1) is 6.58 Å². The molecule has 5 nitrogen and oxygen atoms in total. The molecule has 1 aliphatic carbocycles. The zero-order chi connectivity index (χ0) is 21.6. The van der Waals surface area contributed by atoms with Crippen LogP contribution in [0.25, 0.3) is 0 Å². The molecule has 1 fully saturated rings. The molecule has 1 atom stereocenters. The Hall–Kier alpha value is -2.79. The van der Waals surface area contributed by atoms with Gasteiger partial charge in [-0.2, -0.15) is 0 Å². The first kappa shape index (κ1) is 21.4. The maximum Gasteiger partial charge on any atom is 0.410 e. The lowest BCUT2D eigenvalue weighted by Gasteiger charge is -2.37. The van der Waals surface area contributed by atoms with E-state index in [-0.39, 0.29) is 12.1 Å². The van der Waals surface area contributed by atoms with Gasteiger partial charge in [0.25, 0.3) is 0 Å². The van der Waals surface area contributed by atoms with Crippen LogP contribution in [0.4, 0.5) is 10.5 Å². The summed E-state index contributed by atoms with van der Waals surface area (Å²) >= 11 is 0. The molecule has 4 rings (SSSR count). The van der Waals surface area contributed by atoms with E-state index in [9.17, 15) is 4.79 Å². The highest BCUT2D eigenvalue weighted by molar-refractivity contribution is 5.68. The summed E-state index contributed by atoms with van der Waals surface area (Å²) in [5.41, 5.74) is 4.89. The van der Waals surface area contributed by atoms with Crippen molar-refractivity contribution in [3.8, 4) is 0 Å². The van der Waals surface area contributed by atoms with Gasteiger partial charge in [0.1, 0.15) is 6.61 Å². The van der Waals surface area contributed by atoms with Crippen molar-refractivity contribution in [2.75, 3.05) is 44.7 Å². The fraction of sp³-hybridized carbons (Fsp3) is 0.423. The molecule has 2 aromatic carbocycles. The molecule has 1 amide bonds. The van der Waals surface area contributed by atoms with Crippen molar-refractivity contribution >= 4 is 11.8 Å². The second-order valence-corrected chi connectivity index (χ2v) is 8.52. The minimum Gasteiger partial charge on any atom is -0.445 e. The molecule has 1 unspecified atom stereocenters. The number of ether oxygens (including phenoxy) is 1. The van der Waals surface area contributed by atoms with Crippen LogP contribution in [0.3, 0.4) is 0 Å². The number of anilines is 1. The SMILES string of the molecule is C=CCN1CCN(c2ccc3c(c2)C(N(C)C(=O)OCc2ccccc2)CCC3)CC1. The van der Waals surface area contributed by atoms with E-state index in [4.69, 9.17) is 4.74 Å². The Bertz CT molecular complexity index is 891. The zero-order valence-electron chi connectivity index (χ0n) is 18.5. The lowest BCUT2D eigenvalue weighted by Crippen LogP contribution is -2.46. The van der Waals surface area contributed by atoms with Gasteiger partial charge in [0.05, 0.1) is 6.04 Å². The highest BCUT2D eigenvalue weighted by Gasteiger charge is 2.29. The summed E-state index contributed by atoms with van der Waals surface area (Å²) in [6.45, 7) is 9.26. The van der Waals surface area contributed by atoms with E-state index in [0.29, 0.717) is 6.61 Å². The molecule has 2 aromatic rings. The third-order valence-corrected chi connectivity index (χ3v) is 6.50. The van der Waals surface area contributed by atoms with E-state index in [1.165, 1.54) is 16.8 Å². The van der Waals surface area contributed by atoms with E-state index in [1.54, 1.807) is 4.90 Å². The lowest BCUT2D eigenvalue weighted by molar-refractivity contribution is 0.0876. The number of hydrogen-bond acceptors (Lipinski definition) is 4. The van der Waals surface area contributed by atoms with Crippen molar-refractivity contribution in [2.24, 2.45) is 0 Å². The van der Waals surface area contributed by atoms with E-state index in [2.05, 4.69) is 34.6 Å². The van der Waals surface area contributed by atoms with Crippen molar-refractivity contribution in [3.63, 3.8) is 0 Å². The van der Waals surface area contributed by atoms with Crippen molar-refractivity contribution < 1.29 is 9.53 Å². The Kier molecular flexibility index (Phi) is 6.92. The van der Waals surface area contributed by atoms with Crippen LogP contribution >= 0.6 is 0 Å². The summed E-state index contributed by atoms with van der Waals surface area (Å²) in [5, 5.41) is 0. The normalized spacial score (nSPS) is 18.9. The van der Waals surface area contributed by atoms with Crippen LogP contribution in [0.1, 0.15) is 35.6 Å². The van der Waals surface area contributed by atoms with Crippen LogP contribution in [-0.2, 0) is 17.8 Å². The standard InChI is InChI=1S/C26H33N3O2/c1-3-14-28-15-17-29(18-16-28)23-13-12-22-10-7-11-25(24(22)19-23)27(2)26(30)31-20-21-8-5-4-6-9-21/h3-6,8-9,12-13,19,25H,1,7,10-11,14-18,20H2,2H3. The highest BCUT2D eigenvalue weighted by Crippen LogP contribution is 2.36. The highest BCUT2D eigenvalue weighted by atomic mass is 16.6. The Labute approximate surface area is 185 Å². The van der Waals surface area contributed by atoms with Gasteiger partial charge >= 0.3 is 6.09 Å². The van der Waals surface area contributed by atoms with Crippen LogP contribution in [0, 0.1) is 0 Å². The van der Waals surface area contributed by atoms with E-state index in [0.717, 1.165) is 57.5 Å². The summed E-state index contributed by atoms with van der Waals surface area (Å²) in [6, 6.07) is 16.7. The number of hydrogen-bond donors (Lipinski definition) is 0. The van der Waals surface area contributed by atoms with Gasteiger partial charge in [0.15, 0.2) is 0 Å². The van der Waals surface area contributed by atoms with E-state index in [1.807, 2.05) is 43.5 Å². The Balaban J connectivity index is 1.44. The molecule has 0 spiro atoms. The largest absolute Gasteiger partial charge is 0.445 e. The molecule has 0 N–H and O–H groups in total. The molecule has 1 heterocycles. The number of benzene rings is 2. The summed E-state index contributed by atoms with van der Waals surface area (Å²) in [5.74, 6) is 0. The van der Waals surface area contributed by atoms with Gasteiger partial charge in [-0.05, 0) is 48.1 Å². The second kappa shape index (κ2) is 10.0. The van der Waals surface area contributed by atoms with Crippen LogP contribution in [0.15, 0.2) is 61.2 Å². The molecule has 31 heavy (non-hydrogen) atoms. The molecule has 0 bridgehead atoms. The molecular weight excluding hydrogens is 386 g/mol. The molecule has 164 valence electrons. The van der Waals surface area contributed by atoms with E-state index < -0.39 is 0 Å². The Morgan fingerprint density at radius 2 is 1.94 bits per heavy atom. The molecule has 0 aromatic heterocycles. The quantitative estimate of drug-likeness (QED) is 0.639. The first-order chi connectivity index (χ1) is 15.2. The van der Waals surface area contributed by atoms with Crippen LogP contribution in [-0.4, -0.2) is 55.7 Å². The van der Waals surface area contributed by atoms with Crippen molar-refractivity contribution in [1.29, 1.82) is 0 Å². The number of aryl methyl sites for hydroxylation is 1. The average Bonchev–Trinajstić information content (AvgIpc) is 2.82. The lowest BCUT2D eigenvalue weighted by atomic mass is 9.86. The molecule has 5 heteroatoms. The number of rotatable bonds is 6. The third-order valence-electron chi connectivity index (χ3n) is 6.50. The van der Waals surface area contributed by atoms with Gasteiger partial charge in [-0.25, -0.2) is 4.79 Å². The number of amides is 1. The first-order valence-electron chi connectivity index (χ1n) is 11.3. The molecule has 0 radical (unpaired) electrons. The molecule has 0 saturated carbocycles. The number of carbonyl (C=O) groups is 1. The predicted molar refractivity (Wildman–Crippen MR) is 125 cm³/mol. The fourth-order valence-electron chi connectivity index (χ4n) is 4.68. The number of piperazine rings is 1. The van der Waals surface area contributed by atoms with Gasteiger partial charge in [-0.3, -0.25) is 4.90 Å². The molecular formula is C26H33N3O2. The minimum atomic E-state index is -0.259. The van der Waals surface area contributed by atoms with E-state index >= 15 is 0 Å². The molecule has 1 saturated heterocycles. The van der Waals surface area contributed by atoms with Crippen molar-refractivity contribution in [3.05, 3.63) is 77.9 Å². The topological polar surface area (TPSA) is 36.0 Å². The van der Waals surface area contributed by atoms with Crippen LogP contribution in [0.5, 0.6) is 0 Å². The summed E-state index contributed by atoms with van der Waals surface area (Å²) in [4.78, 5) is 19.5. The second-order valence-electron chi connectivity index (χ2n) is 8.52. The summed E-state index contributed by atoms with van der Waals surface area (Å²) < 4.78 is 5.60. The zero-order valence-corrected chi connectivity index (χ0v) is 18.5. The van der Waals surface area contributed by atoms with Crippen molar-refractivity contribution in [1.82, 2.24) is 9.80 Å². The maximum absolute atomic E-state index is 12.8. The summed E-state index contributed by atoms with van der Waals surface area (Å²) in [6.07, 6.45) is 4.86. The van der Waals surface area contributed by atoms with Gasteiger partial charge in [-0.1, -0.05) is 42.5 Å². The number of nitrogens with zero attached hydrogens (tertiary/aromatic N) is 3. The van der Waals surface area contributed by atoms with Gasteiger partial charge in [0.2, 0.25) is 0 Å². The molecule has 1 aliphatic heterocycles.